The van der Waals surface area contributed by atoms with Crippen LogP contribution in [-0.2, 0) is 17.6 Å². The van der Waals surface area contributed by atoms with Crippen molar-refractivity contribution in [1.82, 2.24) is 0 Å². The molecule has 1 atom stereocenters. The fourth-order valence-electron chi connectivity index (χ4n) is 3.08. The van der Waals surface area contributed by atoms with Crippen LogP contribution in [0.15, 0.2) is 36.4 Å². The molecule has 2 aromatic rings. The third-order valence-corrected chi connectivity index (χ3v) is 4.65. The molecule has 0 aromatic heterocycles. The number of Topliss-reactive ketones (excluding diaryl/α,β-unsaturated/α-hetero) is 1. The molecule has 25 heavy (non-hydrogen) atoms. The Morgan fingerprint density at radius 2 is 1.84 bits per heavy atom. The van der Waals surface area contributed by atoms with Crippen molar-refractivity contribution in [1.29, 1.82) is 0 Å². The summed E-state index contributed by atoms with van der Waals surface area (Å²) in [5.74, 6) is -0.503. The summed E-state index contributed by atoms with van der Waals surface area (Å²) in [4.78, 5) is 25.0. The molecular formula is C20H19ClO4. The highest BCUT2D eigenvalue weighted by Crippen LogP contribution is 2.25. The van der Waals surface area contributed by atoms with Crippen molar-refractivity contribution >= 4 is 23.4 Å². The van der Waals surface area contributed by atoms with Crippen molar-refractivity contribution in [2.45, 2.75) is 32.3 Å². The predicted molar refractivity (Wildman–Crippen MR) is 95.7 cm³/mol. The fraction of sp³-hybridized carbons (Fsp3) is 0.300. The predicted octanol–water partition coefficient (Wildman–Crippen LogP) is 4.27. The van der Waals surface area contributed by atoms with E-state index in [2.05, 4.69) is 0 Å². The topological polar surface area (TPSA) is 52.6 Å². The van der Waals surface area contributed by atoms with E-state index in [0.717, 1.165) is 19.3 Å². The van der Waals surface area contributed by atoms with E-state index in [1.54, 1.807) is 25.1 Å². The molecule has 0 fully saturated rings. The van der Waals surface area contributed by atoms with E-state index in [-0.39, 0.29) is 11.3 Å². The van der Waals surface area contributed by atoms with E-state index in [1.165, 1.54) is 24.3 Å². The first-order chi connectivity index (χ1) is 12.0. The van der Waals surface area contributed by atoms with Crippen molar-refractivity contribution in [3.63, 3.8) is 0 Å². The van der Waals surface area contributed by atoms with Crippen LogP contribution in [-0.4, -0.2) is 25.0 Å². The minimum absolute atomic E-state index is 0.198. The molecule has 0 amide bonds. The molecule has 0 bridgehead atoms. The van der Waals surface area contributed by atoms with Gasteiger partial charge in [0, 0.05) is 10.6 Å². The van der Waals surface area contributed by atoms with E-state index in [4.69, 9.17) is 21.1 Å². The molecule has 4 nitrogen and oxygen atoms in total. The third-order valence-electron chi connectivity index (χ3n) is 4.42. The Morgan fingerprint density at radius 1 is 1.08 bits per heavy atom. The molecule has 0 heterocycles. The first kappa shape index (κ1) is 17.5. The summed E-state index contributed by atoms with van der Waals surface area (Å²) in [6.07, 6.45) is 2.27. The van der Waals surface area contributed by atoms with Crippen LogP contribution in [0.2, 0.25) is 5.02 Å². The maximum atomic E-state index is 12.6. The Hall–Kier alpha value is -2.33. The maximum Gasteiger partial charge on any atom is 0.342 e. The van der Waals surface area contributed by atoms with Crippen LogP contribution in [0.4, 0.5) is 0 Å². The van der Waals surface area contributed by atoms with Crippen molar-refractivity contribution in [3.05, 3.63) is 63.7 Å². The molecule has 5 heteroatoms. The number of rotatable bonds is 5. The smallest absolute Gasteiger partial charge is 0.342 e. The quantitative estimate of drug-likeness (QED) is 0.591. The first-order valence-electron chi connectivity index (χ1n) is 8.20. The highest BCUT2D eigenvalue weighted by molar-refractivity contribution is 6.31. The third kappa shape index (κ3) is 3.69. The second-order valence-electron chi connectivity index (χ2n) is 6.09. The standard InChI is InChI=1S/C20H19ClO4/c1-12(19(22)15-7-6-13-4-3-5-14(13)10-15)25-20(23)17-11-16(21)8-9-18(17)24-2/h6-12H,3-5H2,1-2H3/t12-/m1/s1. The average molecular weight is 359 g/mol. The van der Waals surface area contributed by atoms with Gasteiger partial charge in [-0.3, -0.25) is 4.79 Å². The Bertz CT molecular complexity index is 828. The molecule has 130 valence electrons. The van der Waals surface area contributed by atoms with Gasteiger partial charge in [-0.05, 0) is 61.6 Å². The van der Waals surface area contributed by atoms with Gasteiger partial charge in [-0.2, -0.15) is 0 Å². The number of benzene rings is 2. The minimum Gasteiger partial charge on any atom is -0.496 e. The number of halogens is 1. The van der Waals surface area contributed by atoms with E-state index < -0.39 is 12.1 Å². The fourth-order valence-corrected chi connectivity index (χ4v) is 3.25. The van der Waals surface area contributed by atoms with Gasteiger partial charge in [0.25, 0.3) is 0 Å². The molecule has 3 rings (SSSR count). The van der Waals surface area contributed by atoms with Gasteiger partial charge in [0.2, 0.25) is 5.78 Å². The van der Waals surface area contributed by atoms with Crippen LogP contribution in [0, 0.1) is 0 Å². The van der Waals surface area contributed by atoms with Gasteiger partial charge in [-0.25, -0.2) is 4.79 Å². The molecule has 0 aliphatic heterocycles. The van der Waals surface area contributed by atoms with E-state index in [1.807, 2.05) is 12.1 Å². The Labute approximate surface area is 151 Å². The van der Waals surface area contributed by atoms with Crippen molar-refractivity contribution in [2.75, 3.05) is 7.11 Å². The van der Waals surface area contributed by atoms with Crippen LogP contribution in [0.25, 0.3) is 0 Å². The summed E-state index contributed by atoms with van der Waals surface area (Å²) >= 11 is 5.94. The van der Waals surface area contributed by atoms with Crippen molar-refractivity contribution in [2.24, 2.45) is 0 Å². The molecule has 0 saturated heterocycles. The van der Waals surface area contributed by atoms with Gasteiger partial charge in [-0.15, -0.1) is 0 Å². The summed E-state index contributed by atoms with van der Waals surface area (Å²) in [6, 6.07) is 10.4. The van der Waals surface area contributed by atoms with Crippen LogP contribution in [0.5, 0.6) is 5.75 Å². The van der Waals surface area contributed by atoms with Crippen molar-refractivity contribution in [3.8, 4) is 5.75 Å². The molecule has 0 radical (unpaired) electrons. The zero-order chi connectivity index (χ0) is 18.0. The number of esters is 1. The SMILES string of the molecule is COc1ccc(Cl)cc1C(=O)O[C@H](C)C(=O)c1ccc2c(c1)CCC2. The summed E-state index contributed by atoms with van der Waals surface area (Å²) < 4.78 is 10.5. The number of methoxy groups -OCH3 is 1. The molecule has 1 aliphatic rings. The lowest BCUT2D eigenvalue weighted by atomic mass is 10.0. The van der Waals surface area contributed by atoms with Crippen LogP contribution in [0.1, 0.15) is 45.2 Å². The molecule has 0 unspecified atom stereocenters. The van der Waals surface area contributed by atoms with Crippen LogP contribution < -0.4 is 4.74 Å². The van der Waals surface area contributed by atoms with Crippen LogP contribution in [0.3, 0.4) is 0 Å². The number of hydrogen-bond donors (Lipinski definition) is 0. The second kappa shape index (κ2) is 7.28. The lowest BCUT2D eigenvalue weighted by Crippen LogP contribution is -2.24. The largest absolute Gasteiger partial charge is 0.496 e. The van der Waals surface area contributed by atoms with Gasteiger partial charge < -0.3 is 9.47 Å². The number of aryl methyl sites for hydroxylation is 2. The van der Waals surface area contributed by atoms with Crippen LogP contribution >= 0.6 is 11.6 Å². The minimum atomic E-state index is -0.893. The van der Waals surface area contributed by atoms with Gasteiger partial charge in [0.1, 0.15) is 11.3 Å². The number of ketones is 1. The number of ether oxygens (including phenoxy) is 2. The molecule has 0 spiro atoms. The van der Waals surface area contributed by atoms with E-state index in [9.17, 15) is 9.59 Å². The molecule has 1 aliphatic carbocycles. The average Bonchev–Trinajstić information content (AvgIpc) is 3.08. The number of carbonyl (C=O) groups is 2. The van der Waals surface area contributed by atoms with Gasteiger partial charge >= 0.3 is 5.97 Å². The Kier molecular flexibility index (Phi) is 5.09. The maximum absolute atomic E-state index is 12.6. The van der Waals surface area contributed by atoms with Gasteiger partial charge in [-0.1, -0.05) is 23.7 Å². The summed E-state index contributed by atoms with van der Waals surface area (Å²) in [5.41, 5.74) is 3.27. The molecular weight excluding hydrogens is 340 g/mol. The van der Waals surface area contributed by atoms with Gasteiger partial charge in [0.05, 0.1) is 7.11 Å². The lowest BCUT2D eigenvalue weighted by molar-refractivity contribution is 0.0316. The highest BCUT2D eigenvalue weighted by Gasteiger charge is 2.24. The highest BCUT2D eigenvalue weighted by atomic mass is 35.5. The first-order valence-corrected chi connectivity index (χ1v) is 8.58. The monoisotopic (exact) mass is 358 g/mol. The Balaban J connectivity index is 1.75. The second-order valence-corrected chi connectivity index (χ2v) is 6.53. The lowest BCUT2D eigenvalue weighted by Gasteiger charge is -2.14. The number of fused-ring (bicyclic) bond motifs is 1. The normalized spacial score (nSPS) is 13.9. The van der Waals surface area contributed by atoms with E-state index >= 15 is 0 Å². The number of carbonyl (C=O) groups excluding carboxylic acids is 2. The molecule has 2 aromatic carbocycles. The van der Waals surface area contributed by atoms with Crippen molar-refractivity contribution < 1.29 is 19.1 Å². The summed E-state index contributed by atoms with van der Waals surface area (Å²) in [5, 5.41) is 0.394. The summed E-state index contributed by atoms with van der Waals surface area (Å²) in [6.45, 7) is 1.57. The van der Waals surface area contributed by atoms with E-state index in [0.29, 0.717) is 16.3 Å². The van der Waals surface area contributed by atoms with Gasteiger partial charge in [0.15, 0.2) is 6.10 Å². The Morgan fingerprint density at radius 3 is 2.60 bits per heavy atom. The zero-order valence-corrected chi connectivity index (χ0v) is 14.9. The molecule has 0 saturated carbocycles. The number of hydrogen-bond acceptors (Lipinski definition) is 4. The zero-order valence-electron chi connectivity index (χ0n) is 14.2. The molecule has 0 N–H and O–H groups in total. The summed E-state index contributed by atoms with van der Waals surface area (Å²) in [7, 11) is 1.46.